The Kier molecular flexibility index (Phi) is 2.97. The fourth-order valence-electron chi connectivity index (χ4n) is 2.27. The Bertz CT molecular complexity index is 425. The van der Waals surface area contributed by atoms with Crippen LogP contribution in [0.25, 0.3) is 0 Å². The van der Waals surface area contributed by atoms with Crippen molar-refractivity contribution in [3.63, 3.8) is 0 Å². The molecular weight excluding hydrogens is 226 g/mol. The molecule has 2 saturated carbocycles. The van der Waals surface area contributed by atoms with Crippen LogP contribution < -0.4 is 16.0 Å². The molecule has 98 valence electrons. The van der Waals surface area contributed by atoms with Gasteiger partial charge in [-0.3, -0.25) is 0 Å². The zero-order valence-electron chi connectivity index (χ0n) is 10.9. The summed E-state index contributed by atoms with van der Waals surface area (Å²) in [6.07, 6.45) is 5.30. The van der Waals surface area contributed by atoms with Crippen molar-refractivity contribution >= 4 is 17.6 Å². The topological polar surface area (TPSA) is 67.1 Å². The first-order valence-electron chi connectivity index (χ1n) is 6.91. The van der Waals surface area contributed by atoms with Crippen molar-refractivity contribution in [3.05, 3.63) is 6.07 Å². The normalized spacial score (nSPS) is 18.7. The third-order valence-corrected chi connectivity index (χ3v) is 3.52. The number of nitrogen functional groups attached to an aromatic ring is 1. The number of nitrogens with one attached hydrogen (secondary N) is 1. The van der Waals surface area contributed by atoms with Crippen LogP contribution in [-0.2, 0) is 0 Å². The maximum absolute atomic E-state index is 5.81. The van der Waals surface area contributed by atoms with E-state index >= 15 is 0 Å². The number of rotatable bonds is 6. The molecule has 0 aliphatic heterocycles. The quantitative estimate of drug-likeness (QED) is 0.803. The van der Waals surface area contributed by atoms with Crippen LogP contribution in [0.3, 0.4) is 0 Å². The molecule has 0 radical (unpaired) electrons. The molecule has 0 spiro atoms. The van der Waals surface area contributed by atoms with Crippen molar-refractivity contribution < 1.29 is 0 Å². The van der Waals surface area contributed by atoms with Crippen LogP contribution in [0, 0.1) is 5.92 Å². The predicted octanol–water partition coefficient (Wildman–Crippen LogP) is 1.87. The van der Waals surface area contributed by atoms with Crippen LogP contribution in [-0.4, -0.2) is 29.1 Å². The van der Waals surface area contributed by atoms with E-state index in [1.165, 1.54) is 25.7 Å². The second-order valence-corrected chi connectivity index (χ2v) is 5.33. The summed E-state index contributed by atoms with van der Waals surface area (Å²) in [5, 5.41) is 3.21. The lowest BCUT2D eigenvalue weighted by molar-refractivity contribution is 0.708. The zero-order chi connectivity index (χ0) is 12.5. The van der Waals surface area contributed by atoms with Gasteiger partial charge in [-0.05, 0) is 38.5 Å². The average Bonchev–Trinajstić information content (AvgIpc) is 3.19. The van der Waals surface area contributed by atoms with Gasteiger partial charge in [-0.15, -0.1) is 0 Å². The van der Waals surface area contributed by atoms with E-state index < -0.39 is 0 Å². The molecule has 5 heteroatoms. The van der Waals surface area contributed by atoms with Gasteiger partial charge in [-0.1, -0.05) is 0 Å². The highest BCUT2D eigenvalue weighted by Gasteiger charge is 2.34. The van der Waals surface area contributed by atoms with Crippen molar-refractivity contribution in [2.75, 3.05) is 29.0 Å². The monoisotopic (exact) mass is 247 g/mol. The molecular formula is C13H21N5. The number of nitrogens with zero attached hydrogens (tertiary/aromatic N) is 3. The van der Waals surface area contributed by atoms with Crippen LogP contribution in [0.2, 0.25) is 0 Å². The van der Waals surface area contributed by atoms with E-state index in [0.29, 0.717) is 12.0 Å². The summed E-state index contributed by atoms with van der Waals surface area (Å²) >= 11 is 0. The molecule has 3 rings (SSSR count). The molecule has 0 aromatic carbocycles. The minimum absolute atomic E-state index is 0.366. The first-order valence-corrected chi connectivity index (χ1v) is 6.91. The summed E-state index contributed by atoms with van der Waals surface area (Å²) in [6, 6.07) is 2.70. The highest BCUT2D eigenvalue weighted by molar-refractivity contribution is 5.54. The zero-order valence-corrected chi connectivity index (χ0v) is 10.9. The summed E-state index contributed by atoms with van der Waals surface area (Å²) in [7, 11) is 0. The fourth-order valence-corrected chi connectivity index (χ4v) is 2.27. The Labute approximate surface area is 108 Å². The lowest BCUT2D eigenvalue weighted by Gasteiger charge is -2.24. The molecule has 0 amide bonds. The van der Waals surface area contributed by atoms with E-state index in [1.807, 2.05) is 6.07 Å². The van der Waals surface area contributed by atoms with Gasteiger partial charge in [0, 0.05) is 25.2 Å². The molecule has 1 aromatic rings. The third kappa shape index (κ3) is 2.66. The number of aromatic nitrogens is 2. The molecule has 18 heavy (non-hydrogen) atoms. The van der Waals surface area contributed by atoms with Gasteiger partial charge in [0.1, 0.15) is 11.6 Å². The van der Waals surface area contributed by atoms with Gasteiger partial charge >= 0.3 is 0 Å². The molecule has 2 aliphatic rings. The van der Waals surface area contributed by atoms with E-state index in [4.69, 9.17) is 5.73 Å². The molecule has 0 atom stereocenters. The van der Waals surface area contributed by atoms with Crippen molar-refractivity contribution in [2.24, 2.45) is 5.92 Å². The van der Waals surface area contributed by atoms with Crippen LogP contribution in [0.1, 0.15) is 32.6 Å². The molecule has 2 aliphatic carbocycles. The summed E-state index contributed by atoms with van der Waals surface area (Å²) in [5.41, 5.74) is 5.81. The molecule has 0 saturated heterocycles. The Morgan fingerprint density at radius 3 is 2.72 bits per heavy atom. The summed E-state index contributed by atoms with van der Waals surface area (Å²) in [4.78, 5) is 11.0. The molecule has 5 nitrogen and oxygen atoms in total. The minimum atomic E-state index is 0.366. The predicted molar refractivity (Wildman–Crippen MR) is 73.7 cm³/mol. The van der Waals surface area contributed by atoms with E-state index in [2.05, 4.69) is 27.1 Å². The number of nitrogens with two attached hydrogens (primary N) is 1. The lowest BCUT2D eigenvalue weighted by Crippen LogP contribution is -2.29. The maximum Gasteiger partial charge on any atom is 0.223 e. The van der Waals surface area contributed by atoms with Gasteiger partial charge in [0.2, 0.25) is 5.95 Å². The Morgan fingerprint density at radius 2 is 2.11 bits per heavy atom. The van der Waals surface area contributed by atoms with Gasteiger partial charge in [-0.2, -0.15) is 9.97 Å². The lowest BCUT2D eigenvalue weighted by atomic mass is 10.3. The Morgan fingerprint density at radius 1 is 1.33 bits per heavy atom. The van der Waals surface area contributed by atoms with Gasteiger partial charge in [0.15, 0.2) is 0 Å². The van der Waals surface area contributed by atoms with E-state index in [1.54, 1.807) is 0 Å². The Hall–Kier alpha value is -1.52. The number of hydrogen-bond donors (Lipinski definition) is 2. The highest BCUT2D eigenvalue weighted by atomic mass is 15.3. The highest BCUT2D eigenvalue weighted by Crippen LogP contribution is 2.37. The maximum atomic E-state index is 5.81. The largest absolute Gasteiger partial charge is 0.370 e. The molecule has 2 fully saturated rings. The summed E-state index contributed by atoms with van der Waals surface area (Å²) < 4.78 is 0. The SMILES string of the molecule is CCNc1cc(N(CC2CC2)C2CC2)nc(N)n1. The van der Waals surface area contributed by atoms with Crippen molar-refractivity contribution in [1.82, 2.24) is 9.97 Å². The molecule has 0 bridgehead atoms. The van der Waals surface area contributed by atoms with Crippen molar-refractivity contribution in [3.8, 4) is 0 Å². The number of hydrogen-bond acceptors (Lipinski definition) is 5. The van der Waals surface area contributed by atoms with E-state index in [9.17, 15) is 0 Å². The standard InChI is InChI=1S/C13H21N5/c1-2-15-11-7-12(17-13(14)16-11)18(10-5-6-10)8-9-3-4-9/h7,9-10H,2-6,8H2,1H3,(H3,14,15,16,17). The third-order valence-electron chi connectivity index (χ3n) is 3.52. The van der Waals surface area contributed by atoms with Gasteiger partial charge in [0.25, 0.3) is 0 Å². The van der Waals surface area contributed by atoms with Crippen LogP contribution >= 0.6 is 0 Å². The Balaban J connectivity index is 1.82. The van der Waals surface area contributed by atoms with E-state index in [-0.39, 0.29) is 0 Å². The minimum Gasteiger partial charge on any atom is -0.370 e. The molecule has 1 heterocycles. The summed E-state index contributed by atoms with van der Waals surface area (Å²) in [6.45, 7) is 4.04. The second-order valence-electron chi connectivity index (χ2n) is 5.33. The van der Waals surface area contributed by atoms with E-state index in [0.717, 1.165) is 30.6 Å². The number of anilines is 3. The average molecular weight is 247 g/mol. The van der Waals surface area contributed by atoms with Crippen LogP contribution in [0.15, 0.2) is 6.07 Å². The molecule has 3 N–H and O–H groups in total. The van der Waals surface area contributed by atoms with Gasteiger partial charge in [-0.25, -0.2) is 0 Å². The van der Waals surface area contributed by atoms with Crippen molar-refractivity contribution in [2.45, 2.75) is 38.6 Å². The van der Waals surface area contributed by atoms with Crippen LogP contribution in [0.5, 0.6) is 0 Å². The smallest absolute Gasteiger partial charge is 0.223 e. The fraction of sp³-hybridized carbons (Fsp3) is 0.692. The molecule has 0 unspecified atom stereocenters. The van der Waals surface area contributed by atoms with Crippen LogP contribution in [0.4, 0.5) is 17.6 Å². The van der Waals surface area contributed by atoms with Crippen molar-refractivity contribution in [1.29, 1.82) is 0 Å². The second kappa shape index (κ2) is 4.63. The first-order chi connectivity index (χ1) is 8.76. The summed E-state index contributed by atoms with van der Waals surface area (Å²) in [5.74, 6) is 3.06. The first kappa shape index (κ1) is 11.6. The van der Waals surface area contributed by atoms with Gasteiger partial charge in [0.05, 0.1) is 0 Å². The molecule has 1 aromatic heterocycles. The van der Waals surface area contributed by atoms with Gasteiger partial charge < -0.3 is 16.0 Å².